The summed E-state index contributed by atoms with van der Waals surface area (Å²) in [5.74, 6) is 1.11. The quantitative estimate of drug-likeness (QED) is 0.270. The molecular formula is C28H26N4O3S2. The van der Waals surface area contributed by atoms with Gasteiger partial charge in [0.1, 0.15) is 17.6 Å². The van der Waals surface area contributed by atoms with Gasteiger partial charge in [-0.05, 0) is 73.7 Å². The summed E-state index contributed by atoms with van der Waals surface area (Å²) in [5, 5.41) is 7.59. The van der Waals surface area contributed by atoms with E-state index in [4.69, 9.17) is 21.4 Å². The number of anilines is 2. The first-order valence-electron chi connectivity index (χ1n) is 11.7. The molecular weight excluding hydrogens is 504 g/mol. The first-order chi connectivity index (χ1) is 17.9. The lowest BCUT2D eigenvalue weighted by Crippen LogP contribution is -2.29. The van der Waals surface area contributed by atoms with Gasteiger partial charge in [0.2, 0.25) is 5.91 Å². The maximum absolute atomic E-state index is 11.8. The van der Waals surface area contributed by atoms with Gasteiger partial charge in [-0.25, -0.2) is 0 Å². The van der Waals surface area contributed by atoms with Gasteiger partial charge >= 0.3 is 0 Å². The molecule has 3 heterocycles. The normalized spacial score (nSPS) is 16.9. The summed E-state index contributed by atoms with van der Waals surface area (Å²) in [6.45, 7) is 3.53. The lowest BCUT2D eigenvalue weighted by molar-refractivity contribution is -0.114. The van der Waals surface area contributed by atoms with Crippen molar-refractivity contribution in [2.24, 2.45) is 0 Å². The minimum absolute atomic E-state index is 0.190. The second-order valence-corrected chi connectivity index (χ2v) is 10.1. The number of carbonyl (C=O) groups excluding carboxylic acids is 1. The molecule has 2 atom stereocenters. The molecule has 5 rings (SSSR count). The van der Waals surface area contributed by atoms with Crippen molar-refractivity contribution < 1.29 is 13.9 Å². The van der Waals surface area contributed by atoms with Crippen molar-refractivity contribution in [1.29, 1.82) is 0 Å². The van der Waals surface area contributed by atoms with Crippen molar-refractivity contribution in [3.05, 3.63) is 96.0 Å². The van der Waals surface area contributed by atoms with Crippen LogP contribution in [0, 0.1) is 6.92 Å². The van der Waals surface area contributed by atoms with Crippen molar-refractivity contribution in [2.45, 2.75) is 35.9 Å². The number of amides is 1. The van der Waals surface area contributed by atoms with Gasteiger partial charge in [0.25, 0.3) is 0 Å². The number of aromatic nitrogens is 1. The predicted molar refractivity (Wildman–Crippen MR) is 149 cm³/mol. The van der Waals surface area contributed by atoms with E-state index >= 15 is 0 Å². The van der Waals surface area contributed by atoms with Crippen molar-refractivity contribution in [3.8, 4) is 5.75 Å². The molecule has 0 unspecified atom stereocenters. The number of aryl methyl sites for hydroxylation is 1. The molecule has 7 nitrogen and oxygen atoms in total. The van der Waals surface area contributed by atoms with Crippen LogP contribution < -0.4 is 20.3 Å². The summed E-state index contributed by atoms with van der Waals surface area (Å²) >= 11 is 7.38. The van der Waals surface area contributed by atoms with Crippen LogP contribution in [-0.4, -0.2) is 23.1 Å². The number of hydrogen-bond acceptors (Lipinski definition) is 6. The third-order valence-electron chi connectivity index (χ3n) is 6.00. The van der Waals surface area contributed by atoms with Gasteiger partial charge < -0.3 is 24.7 Å². The topological polar surface area (TPSA) is 79.6 Å². The van der Waals surface area contributed by atoms with E-state index in [0.717, 1.165) is 27.1 Å². The third kappa shape index (κ3) is 5.33. The molecule has 1 aliphatic rings. The van der Waals surface area contributed by atoms with Crippen molar-refractivity contribution in [3.63, 3.8) is 0 Å². The van der Waals surface area contributed by atoms with Gasteiger partial charge in [0.05, 0.1) is 24.5 Å². The number of hydrogen-bond donors (Lipinski definition) is 2. The number of methoxy groups -OCH3 is 1. The van der Waals surface area contributed by atoms with E-state index in [1.807, 2.05) is 53.4 Å². The zero-order valence-electron chi connectivity index (χ0n) is 20.6. The molecule has 9 heteroatoms. The molecule has 0 bridgehead atoms. The molecule has 1 saturated heterocycles. The van der Waals surface area contributed by atoms with E-state index in [1.54, 1.807) is 25.1 Å². The number of nitrogens with zero attached hydrogens (tertiary/aromatic N) is 2. The number of benzene rings is 2. The second kappa shape index (κ2) is 10.7. The maximum atomic E-state index is 11.8. The van der Waals surface area contributed by atoms with E-state index in [2.05, 4.69) is 46.8 Å². The number of thiocarbonyl (C=S) groups is 1. The third-order valence-corrected chi connectivity index (χ3v) is 7.25. The molecule has 2 aromatic carbocycles. The fraction of sp³-hybridized carbons (Fsp3) is 0.179. The lowest BCUT2D eigenvalue weighted by Gasteiger charge is -2.27. The predicted octanol–water partition coefficient (Wildman–Crippen LogP) is 6.28. The molecule has 188 valence electrons. The van der Waals surface area contributed by atoms with Crippen molar-refractivity contribution in [1.82, 2.24) is 10.3 Å². The van der Waals surface area contributed by atoms with Crippen LogP contribution in [0.2, 0.25) is 0 Å². The standard InChI is InChI=1S/C28H26N4O3S2/c1-17-7-10-20(11-8-17)37-25-14-13-24(35-25)27-26(21-6-4-5-15-29-21)31-28(36)32(27)19-9-12-23(34-3)22(16-19)30-18(2)33/h4-16,26-27H,1-3H3,(H,30,33)(H,31,36)/t26-,27+/m1/s1. The molecule has 2 N–H and O–H groups in total. The number of ether oxygens (including phenoxy) is 1. The molecule has 2 aromatic heterocycles. The Morgan fingerprint density at radius 3 is 2.65 bits per heavy atom. The smallest absolute Gasteiger partial charge is 0.221 e. The number of pyridine rings is 1. The Kier molecular flexibility index (Phi) is 7.16. The zero-order valence-corrected chi connectivity index (χ0v) is 22.2. The highest BCUT2D eigenvalue weighted by molar-refractivity contribution is 7.99. The average molecular weight is 531 g/mol. The Hall–Kier alpha value is -3.82. The van der Waals surface area contributed by atoms with Crippen molar-refractivity contribution in [2.75, 3.05) is 17.3 Å². The van der Waals surface area contributed by atoms with Crippen LogP contribution in [0.15, 0.2) is 93.4 Å². The van der Waals surface area contributed by atoms with Crippen LogP contribution in [0.1, 0.15) is 36.0 Å². The van der Waals surface area contributed by atoms with Gasteiger partial charge in [-0.2, -0.15) is 0 Å². The highest BCUT2D eigenvalue weighted by atomic mass is 32.2. The fourth-order valence-electron chi connectivity index (χ4n) is 4.33. The molecule has 0 aliphatic carbocycles. The average Bonchev–Trinajstić information content (AvgIpc) is 3.49. The van der Waals surface area contributed by atoms with Crippen molar-refractivity contribution >= 4 is 46.4 Å². The Morgan fingerprint density at radius 1 is 1.14 bits per heavy atom. The first-order valence-corrected chi connectivity index (χ1v) is 13.0. The van der Waals surface area contributed by atoms with Gasteiger partial charge in [0.15, 0.2) is 10.2 Å². The molecule has 0 radical (unpaired) electrons. The van der Waals surface area contributed by atoms with E-state index in [9.17, 15) is 4.79 Å². The van der Waals surface area contributed by atoms with Crippen LogP contribution in [0.4, 0.5) is 11.4 Å². The Morgan fingerprint density at radius 2 is 1.95 bits per heavy atom. The SMILES string of the molecule is COc1ccc(N2C(=S)N[C@H](c3ccccn3)[C@@H]2c2ccc(Sc3ccc(C)cc3)o2)cc1NC(C)=O. The maximum Gasteiger partial charge on any atom is 0.221 e. The number of rotatable bonds is 7. The van der Waals surface area contributed by atoms with Crippen LogP contribution in [-0.2, 0) is 4.79 Å². The van der Waals surface area contributed by atoms with E-state index in [0.29, 0.717) is 16.5 Å². The second-order valence-electron chi connectivity index (χ2n) is 8.63. The summed E-state index contributed by atoms with van der Waals surface area (Å²) < 4.78 is 11.8. The van der Waals surface area contributed by atoms with Gasteiger partial charge in [-0.15, -0.1) is 0 Å². The highest BCUT2D eigenvalue weighted by Crippen LogP contribution is 2.44. The van der Waals surface area contributed by atoms with E-state index in [-0.39, 0.29) is 18.0 Å². The minimum atomic E-state index is -0.312. The molecule has 37 heavy (non-hydrogen) atoms. The van der Waals surface area contributed by atoms with E-state index in [1.165, 1.54) is 12.5 Å². The summed E-state index contributed by atoms with van der Waals surface area (Å²) in [6, 6.07) is 23.1. The zero-order chi connectivity index (χ0) is 25.9. The van der Waals surface area contributed by atoms with Crippen LogP contribution in [0.5, 0.6) is 5.75 Å². The van der Waals surface area contributed by atoms with Crippen LogP contribution in [0.25, 0.3) is 0 Å². The fourth-order valence-corrected chi connectivity index (χ4v) is 5.45. The first kappa shape index (κ1) is 24.9. The van der Waals surface area contributed by atoms with Crippen LogP contribution >= 0.6 is 24.0 Å². The summed E-state index contributed by atoms with van der Waals surface area (Å²) in [7, 11) is 1.57. The van der Waals surface area contributed by atoms with E-state index < -0.39 is 0 Å². The Labute approximate surface area is 225 Å². The summed E-state index contributed by atoms with van der Waals surface area (Å²) in [6.07, 6.45) is 1.77. The largest absolute Gasteiger partial charge is 0.495 e. The molecule has 0 saturated carbocycles. The number of carbonyl (C=O) groups is 1. The lowest BCUT2D eigenvalue weighted by atomic mass is 10.0. The molecule has 1 aliphatic heterocycles. The molecule has 4 aromatic rings. The number of furan rings is 1. The molecule has 1 fully saturated rings. The van der Waals surface area contributed by atoms with Gasteiger partial charge in [-0.3, -0.25) is 9.78 Å². The molecule has 0 spiro atoms. The molecule has 1 amide bonds. The monoisotopic (exact) mass is 530 g/mol. The Balaban J connectivity index is 1.54. The van der Waals surface area contributed by atoms with Gasteiger partial charge in [-0.1, -0.05) is 35.5 Å². The Bertz CT molecular complexity index is 1420. The van der Waals surface area contributed by atoms with Gasteiger partial charge in [0, 0.05) is 23.7 Å². The number of nitrogens with one attached hydrogen (secondary N) is 2. The minimum Gasteiger partial charge on any atom is -0.495 e. The highest BCUT2D eigenvalue weighted by Gasteiger charge is 2.42. The van der Waals surface area contributed by atoms with Crippen LogP contribution in [0.3, 0.4) is 0 Å². The summed E-state index contributed by atoms with van der Waals surface area (Å²) in [4.78, 5) is 19.5. The summed E-state index contributed by atoms with van der Waals surface area (Å²) in [5.41, 5.74) is 3.40.